The van der Waals surface area contributed by atoms with E-state index < -0.39 is 6.04 Å². The number of amides is 4. The SMILES string of the molecule is O=C(NC(Cc1ccccc1)C(=O)NCc1cccc(NC(=O)N2CCCC2)c1)c1ccccc1. The zero-order valence-corrected chi connectivity index (χ0v) is 19.6. The Morgan fingerprint density at radius 2 is 1.46 bits per heavy atom. The molecule has 1 aliphatic heterocycles. The highest BCUT2D eigenvalue weighted by atomic mass is 16.2. The van der Waals surface area contributed by atoms with Gasteiger partial charge in [0.2, 0.25) is 5.91 Å². The van der Waals surface area contributed by atoms with Gasteiger partial charge in [-0.2, -0.15) is 0 Å². The molecule has 0 aliphatic carbocycles. The highest BCUT2D eigenvalue weighted by molar-refractivity contribution is 5.97. The van der Waals surface area contributed by atoms with Gasteiger partial charge in [0.1, 0.15) is 6.04 Å². The molecule has 0 aromatic heterocycles. The Labute approximate surface area is 205 Å². The Bertz CT molecular complexity index is 1150. The molecule has 1 heterocycles. The summed E-state index contributed by atoms with van der Waals surface area (Å²) < 4.78 is 0. The second-order valence-corrected chi connectivity index (χ2v) is 8.62. The normalized spacial score (nSPS) is 13.7. The number of benzene rings is 3. The summed E-state index contributed by atoms with van der Waals surface area (Å²) in [6.45, 7) is 1.83. The molecule has 1 unspecified atom stereocenters. The molecule has 3 N–H and O–H groups in total. The van der Waals surface area contributed by atoms with E-state index in [0.717, 1.165) is 37.1 Å². The van der Waals surface area contributed by atoms with Crippen molar-refractivity contribution in [1.82, 2.24) is 15.5 Å². The molecule has 1 saturated heterocycles. The quantitative estimate of drug-likeness (QED) is 0.465. The fraction of sp³-hybridized carbons (Fsp3) is 0.250. The number of hydrogen-bond acceptors (Lipinski definition) is 3. The molecule has 4 rings (SSSR count). The van der Waals surface area contributed by atoms with E-state index in [0.29, 0.717) is 17.7 Å². The molecule has 35 heavy (non-hydrogen) atoms. The third-order valence-electron chi connectivity index (χ3n) is 5.98. The van der Waals surface area contributed by atoms with Crippen molar-refractivity contribution in [3.8, 4) is 0 Å². The first-order chi connectivity index (χ1) is 17.1. The van der Waals surface area contributed by atoms with Crippen LogP contribution in [0.4, 0.5) is 10.5 Å². The molecule has 0 spiro atoms. The molecule has 4 amide bonds. The molecular formula is C28H30N4O3. The van der Waals surface area contributed by atoms with Crippen LogP contribution in [0.2, 0.25) is 0 Å². The number of likely N-dealkylation sites (tertiary alicyclic amines) is 1. The summed E-state index contributed by atoms with van der Waals surface area (Å²) in [6.07, 6.45) is 2.44. The number of urea groups is 1. The lowest BCUT2D eigenvalue weighted by molar-refractivity contribution is -0.123. The van der Waals surface area contributed by atoms with Gasteiger partial charge in [-0.1, -0.05) is 60.7 Å². The number of rotatable bonds is 8. The first-order valence-corrected chi connectivity index (χ1v) is 11.9. The minimum Gasteiger partial charge on any atom is -0.350 e. The number of hydrogen-bond donors (Lipinski definition) is 3. The largest absolute Gasteiger partial charge is 0.350 e. The summed E-state index contributed by atoms with van der Waals surface area (Å²) in [4.78, 5) is 40.1. The van der Waals surface area contributed by atoms with E-state index in [2.05, 4.69) is 16.0 Å². The van der Waals surface area contributed by atoms with Crippen LogP contribution in [0.5, 0.6) is 0 Å². The zero-order valence-electron chi connectivity index (χ0n) is 19.6. The van der Waals surface area contributed by atoms with Gasteiger partial charge in [0.05, 0.1) is 0 Å². The lowest BCUT2D eigenvalue weighted by Crippen LogP contribution is -2.47. The molecule has 3 aromatic rings. The first kappa shape index (κ1) is 24.0. The van der Waals surface area contributed by atoms with Crippen molar-refractivity contribution < 1.29 is 14.4 Å². The number of nitrogens with zero attached hydrogens (tertiary/aromatic N) is 1. The molecule has 180 valence electrons. The smallest absolute Gasteiger partial charge is 0.321 e. The average Bonchev–Trinajstić information content (AvgIpc) is 3.44. The molecule has 3 aromatic carbocycles. The predicted molar refractivity (Wildman–Crippen MR) is 136 cm³/mol. The van der Waals surface area contributed by atoms with Gasteiger partial charge in [0.25, 0.3) is 5.91 Å². The maximum Gasteiger partial charge on any atom is 0.321 e. The van der Waals surface area contributed by atoms with Crippen LogP contribution in [-0.2, 0) is 17.8 Å². The van der Waals surface area contributed by atoms with E-state index in [1.807, 2.05) is 60.7 Å². The van der Waals surface area contributed by atoms with Gasteiger partial charge in [-0.15, -0.1) is 0 Å². The van der Waals surface area contributed by atoms with Gasteiger partial charge in [-0.25, -0.2) is 4.79 Å². The van der Waals surface area contributed by atoms with Crippen molar-refractivity contribution in [3.63, 3.8) is 0 Å². The van der Waals surface area contributed by atoms with Gasteiger partial charge < -0.3 is 20.9 Å². The Balaban J connectivity index is 1.39. The van der Waals surface area contributed by atoms with E-state index in [4.69, 9.17) is 0 Å². The summed E-state index contributed by atoms with van der Waals surface area (Å²) >= 11 is 0. The fourth-order valence-electron chi connectivity index (χ4n) is 4.08. The second kappa shape index (κ2) is 11.8. The Hall–Kier alpha value is -4.13. The lowest BCUT2D eigenvalue weighted by Gasteiger charge is -2.19. The third kappa shape index (κ3) is 6.93. The van der Waals surface area contributed by atoms with Gasteiger partial charge >= 0.3 is 6.03 Å². The number of carbonyl (C=O) groups excluding carboxylic acids is 3. The standard InChI is InChI=1S/C28H30N4O3/c33-26(23-13-5-2-6-14-23)31-25(19-21-10-3-1-4-11-21)27(34)29-20-22-12-9-15-24(18-22)30-28(35)32-16-7-8-17-32/h1-6,9-15,18,25H,7-8,16-17,19-20H2,(H,29,34)(H,30,35)(H,31,33). The van der Waals surface area contributed by atoms with Crippen molar-refractivity contribution in [3.05, 3.63) is 102 Å². The van der Waals surface area contributed by atoms with Crippen molar-refractivity contribution in [2.75, 3.05) is 18.4 Å². The van der Waals surface area contributed by atoms with Crippen molar-refractivity contribution in [2.24, 2.45) is 0 Å². The highest BCUT2D eigenvalue weighted by Gasteiger charge is 2.22. The Morgan fingerprint density at radius 3 is 2.17 bits per heavy atom. The molecule has 1 fully saturated rings. The monoisotopic (exact) mass is 470 g/mol. The van der Waals surface area contributed by atoms with E-state index in [1.165, 1.54) is 0 Å². The van der Waals surface area contributed by atoms with Crippen LogP contribution in [0.3, 0.4) is 0 Å². The van der Waals surface area contributed by atoms with Crippen LogP contribution in [0.25, 0.3) is 0 Å². The van der Waals surface area contributed by atoms with Crippen LogP contribution in [0.1, 0.15) is 34.3 Å². The average molecular weight is 471 g/mol. The van der Waals surface area contributed by atoms with Crippen LogP contribution >= 0.6 is 0 Å². The number of anilines is 1. The van der Waals surface area contributed by atoms with Crippen molar-refractivity contribution in [1.29, 1.82) is 0 Å². The molecule has 7 heteroatoms. The van der Waals surface area contributed by atoms with E-state index >= 15 is 0 Å². The molecule has 0 saturated carbocycles. The molecular weight excluding hydrogens is 440 g/mol. The first-order valence-electron chi connectivity index (χ1n) is 11.9. The lowest BCUT2D eigenvalue weighted by atomic mass is 10.0. The van der Waals surface area contributed by atoms with Crippen LogP contribution in [0.15, 0.2) is 84.9 Å². The van der Waals surface area contributed by atoms with Crippen LogP contribution < -0.4 is 16.0 Å². The molecule has 1 aliphatic rings. The predicted octanol–water partition coefficient (Wildman–Crippen LogP) is 3.97. The Kier molecular flexibility index (Phi) is 8.12. The van der Waals surface area contributed by atoms with Gasteiger partial charge in [-0.05, 0) is 48.2 Å². The Morgan fingerprint density at radius 1 is 0.800 bits per heavy atom. The van der Waals surface area contributed by atoms with E-state index in [9.17, 15) is 14.4 Å². The van der Waals surface area contributed by atoms with Gasteiger partial charge in [0, 0.05) is 37.3 Å². The van der Waals surface area contributed by atoms with Gasteiger partial charge in [0.15, 0.2) is 0 Å². The zero-order chi connectivity index (χ0) is 24.5. The number of nitrogens with one attached hydrogen (secondary N) is 3. The summed E-state index contributed by atoms with van der Waals surface area (Å²) in [5.74, 6) is -0.571. The molecule has 1 atom stereocenters. The maximum atomic E-state index is 13.1. The molecule has 7 nitrogen and oxygen atoms in total. The van der Waals surface area contributed by atoms with E-state index in [-0.39, 0.29) is 24.4 Å². The summed E-state index contributed by atoms with van der Waals surface area (Å²) in [5, 5.41) is 8.74. The number of carbonyl (C=O) groups is 3. The van der Waals surface area contributed by atoms with Crippen LogP contribution in [0, 0.1) is 0 Å². The molecule has 0 radical (unpaired) electrons. The minimum atomic E-state index is -0.733. The molecule has 0 bridgehead atoms. The van der Waals surface area contributed by atoms with Crippen molar-refractivity contribution in [2.45, 2.75) is 31.8 Å². The highest BCUT2D eigenvalue weighted by Crippen LogP contribution is 2.14. The minimum absolute atomic E-state index is 0.102. The summed E-state index contributed by atoms with van der Waals surface area (Å²) in [6, 6.07) is 25.0. The third-order valence-corrected chi connectivity index (χ3v) is 5.98. The topological polar surface area (TPSA) is 90.5 Å². The summed E-state index contributed by atoms with van der Waals surface area (Å²) in [5.41, 5.74) is 2.99. The van der Waals surface area contributed by atoms with E-state index in [1.54, 1.807) is 29.2 Å². The maximum absolute atomic E-state index is 13.1. The fourth-order valence-corrected chi connectivity index (χ4v) is 4.08. The van der Waals surface area contributed by atoms with Crippen molar-refractivity contribution >= 4 is 23.5 Å². The second-order valence-electron chi connectivity index (χ2n) is 8.62. The van der Waals surface area contributed by atoms with Gasteiger partial charge in [-0.3, -0.25) is 9.59 Å². The summed E-state index contributed by atoms with van der Waals surface area (Å²) in [7, 11) is 0. The van der Waals surface area contributed by atoms with Crippen LogP contribution in [-0.4, -0.2) is 41.9 Å².